The van der Waals surface area contributed by atoms with Crippen molar-refractivity contribution >= 4 is 0 Å². The molecule has 0 aliphatic heterocycles. The Bertz CT molecular complexity index is 403. The predicted molar refractivity (Wildman–Crippen MR) is 66.3 cm³/mol. The summed E-state index contributed by atoms with van der Waals surface area (Å²) >= 11 is 0. The van der Waals surface area contributed by atoms with E-state index in [-0.39, 0.29) is 0 Å². The van der Waals surface area contributed by atoms with E-state index in [9.17, 15) is 5.11 Å². The van der Waals surface area contributed by atoms with Crippen LogP contribution in [0.5, 0.6) is 0 Å². The Morgan fingerprint density at radius 1 is 1.41 bits per heavy atom. The van der Waals surface area contributed by atoms with Crippen molar-refractivity contribution in [1.82, 2.24) is 5.32 Å². The fourth-order valence-electron chi connectivity index (χ4n) is 1.96. The zero-order chi connectivity index (χ0) is 12.3. The SMILES string of the molecule is CC(NCC(O)c1ccc(C#N)cc1)C1CC1. The highest BCUT2D eigenvalue weighted by Crippen LogP contribution is 2.32. The third-order valence-electron chi connectivity index (χ3n) is 3.39. The monoisotopic (exact) mass is 230 g/mol. The van der Waals surface area contributed by atoms with E-state index in [0.29, 0.717) is 18.2 Å². The maximum atomic E-state index is 9.99. The van der Waals surface area contributed by atoms with Gasteiger partial charge in [0.25, 0.3) is 0 Å². The molecule has 0 spiro atoms. The second-order valence-corrected chi connectivity index (χ2v) is 4.78. The Kier molecular flexibility index (Phi) is 3.78. The molecule has 1 aromatic carbocycles. The molecule has 0 bridgehead atoms. The van der Waals surface area contributed by atoms with Gasteiger partial charge >= 0.3 is 0 Å². The summed E-state index contributed by atoms with van der Waals surface area (Å²) in [6.07, 6.45) is 2.12. The third kappa shape index (κ3) is 3.29. The predicted octanol–water partition coefficient (Wildman–Crippen LogP) is 1.98. The number of nitrogens with one attached hydrogen (secondary N) is 1. The highest BCUT2D eigenvalue weighted by molar-refractivity contribution is 5.32. The number of rotatable bonds is 5. The van der Waals surface area contributed by atoms with Gasteiger partial charge in [-0.2, -0.15) is 5.26 Å². The van der Waals surface area contributed by atoms with Gasteiger partial charge in [-0.1, -0.05) is 12.1 Å². The minimum absolute atomic E-state index is 0.489. The molecule has 2 unspecified atom stereocenters. The van der Waals surface area contributed by atoms with Gasteiger partial charge < -0.3 is 10.4 Å². The highest BCUT2D eigenvalue weighted by atomic mass is 16.3. The van der Waals surface area contributed by atoms with Crippen LogP contribution in [-0.2, 0) is 0 Å². The number of nitrogens with zero attached hydrogens (tertiary/aromatic N) is 1. The summed E-state index contributed by atoms with van der Waals surface area (Å²) < 4.78 is 0. The summed E-state index contributed by atoms with van der Waals surface area (Å²) in [5.41, 5.74) is 1.49. The summed E-state index contributed by atoms with van der Waals surface area (Å²) in [7, 11) is 0. The van der Waals surface area contributed by atoms with Crippen molar-refractivity contribution in [3.05, 3.63) is 35.4 Å². The topological polar surface area (TPSA) is 56.0 Å². The molecule has 1 saturated carbocycles. The first-order valence-corrected chi connectivity index (χ1v) is 6.12. The van der Waals surface area contributed by atoms with Gasteiger partial charge in [-0.3, -0.25) is 0 Å². The van der Waals surface area contributed by atoms with Crippen LogP contribution in [0.3, 0.4) is 0 Å². The van der Waals surface area contributed by atoms with Crippen LogP contribution in [0.4, 0.5) is 0 Å². The third-order valence-corrected chi connectivity index (χ3v) is 3.39. The zero-order valence-corrected chi connectivity index (χ0v) is 10.1. The smallest absolute Gasteiger partial charge is 0.0991 e. The van der Waals surface area contributed by atoms with Gasteiger partial charge in [0.15, 0.2) is 0 Å². The fourth-order valence-corrected chi connectivity index (χ4v) is 1.96. The van der Waals surface area contributed by atoms with Gasteiger partial charge in [-0.15, -0.1) is 0 Å². The lowest BCUT2D eigenvalue weighted by molar-refractivity contribution is 0.169. The van der Waals surface area contributed by atoms with Crippen molar-refractivity contribution in [2.75, 3.05) is 6.54 Å². The van der Waals surface area contributed by atoms with Gasteiger partial charge in [0.1, 0.15) is 0 Å². The second-order valence-electron chi connectivity index (χ2n) is 4.78. The lowest BCUT2D eigenvalue weighted by Gasteiger charge is -2.16. The quantitative estimate of drug-likeness (QED) is 0.813. The molecule has 0 heterocycles. The molecule has 0 radical (unpaired) electrons. The first-order valence-electron chi connectivity index (χ1n) is 6.12. The van der Waals surface area contributed by atoms with Gasteiger partial charge in [0.2, 0.25) is 0 Å². The van der Waals surface area contributed by atoms with Crippen LogP contribution in [0.25, 0.3) is 0 Å². The summed E-state index contributed by atoms with van der Waals surface area (Å²) in [4.78, 5) is 0. The fraction of sp³-hybridized carbons (Fsp3) is 0.500. The largest absolute Gasteiger partial charge is 0.387 e. The number of nitriles is 1. The molecular weight excluding hydrogens is 212 g/mol. The minimum Gasteiger partial charge on any atom is -0.387 e. The van der Waals surface area contributed by atoms with Crippen LogP contribution in [-0.4, -0.2) is 17.7 Å². The molecular formula is C14H18N2O. The number of hydrogen-bond donors (Lipinski definition) is 2. The molecule has 0 saturated heterocycles. The van der Waals surface area contributed by atoms with Gasteiger partial charge in [-0.05, 0) is 43.4 Å². The lowest BCUT2D eigenvalue weighted by Crippen LogP contribution is -2.31. The van der Waals surface area contributed by atoms with E-state index in [0.717, 1.165) is 11.5 Å². The average molecular weight is 230 g/mol. The molecule has 90 valence electrons. The van der Waals surface area contributed by atoms with E-state index < -0.39 is 6.10 Å². The van der Waals surface area contributed by atoms with E-state index in [4.69, 9.17) is 5.26 Å². The first-order chi connectivity index (χ1) is 8.20. The maximum Gasteiger partial charge on any atom is 0.0991 e. The molecule has 1 fully saturated rings. The Morgan fingerprint density at radius 2 is 2.06 bits per heavy atom. The van der Waals surface area contributed by atoms with E-state index in [1.54, 1.807) is 12.1 Å². The molecule has 2 rings (SSSR count). The molecule has 1 aromatic rings. The summed E-state index contributed by atoms with van der Waals surface area (Å²) in [6, 6.07) is 9.66. The van der Waals surface area contributed by atoms with E-state index in [1.165, 1.54) is 12.8 Å². The lowest BCUT2D eigenvalue weighted by atomic mass is 10.1. The summed E-state index contributed by atoms with van der Waals surface area (Å²) in [6.45, 7) is 2.74. The molecule has 0 amide bonds. The van der Waals surface area contributed by atoms with Crippen LogP contribution in [0.2, 0.25) is 0 Å². The second kappa shape index (κ2) is 5.31. The Morgan fingerprint density at radius 3 is 2.59 bits per heavy atom. The number of hydrogen-bond acceptors (Lipinski definition) is 3. The van der Waals surface area contributed by atoms with Gasteiger partial charge in [0.05, 0.1) is 17.7 Å². The van der Waals surface area contributed by atoms with Crippen molar-refractivity contribution in [1.29, 1.82) is 5.26 Å². The number of aliphatic hydroxyl groups is 1. The number of benzene rings is 1. The minimum atomic E-state index is -0.496. The Labute approximate surface area is 102 Å². The van der Waals surface area contributed by atoms with Crippen molar-refractivity contribution < 1.29 is 5.11 Å². The molecule has 17 heavy (non-hydrogen) atoms. The maximum absolute atomic E-state index is 9.99. The zero-order valence-electron chi connectivity index (χ0n) is 10.1. The van der Waals surface area contributed by atoms with Crippen molar-refractivity contribution in [3.8, 4) is 6.07 Å². The van der Waals surface area contributed by atoms with Crippen LogP contribution in [0, 0.1) is 17.2 Å². The van der Waals surface area contributed by atoms with E-state index in [1.807, 2.05) is 12.1 Å². The van der Waals surface area contributed by atoms with Crippen molar-refractivity contribution in [2.45, 2.75) is 31.9 Å². The molecule has 1 aliphatic carbocycles. The molecule has 1 aliphatic rings. The normalized spacial score (nSPS) is 18.4. The Balaban J connectivity index is 1.85. The van der Waals surface area contributed by atoms with Gasteiger partial charge in [0, 0.05) is 12.6 Å². The van der Waals surface area contributed by atoms with E-state index >= 15 is 0 Å². The molecule has 2 atom stereocenters. The number of aliphatic hydroxyl groups excluding tert-OH is 1. The first kappa shape index (κ1) is 12.1. The summed E-state index contributed by atoms with van der Waals surface area (Å²) in [5.74, 6) is 0.795. The van der Waals surface area contributed by atoms with Crippen LogP contribution in [0.15, 0.2) is 24.3 Å². The molecule has 3 nitrogen and oxygen atoms in total. The molecule has 2 N–H and O–H groups in total. The molecule has 0 aromatic heterocycles. The molecule has 3 heteroatoms. The Hall–Kier alpha value is -1.37. The van der Waals surface area contributed by atoms with Crippen molar-refractivity contribution in [2.24, 2.45) is 5.92 Å². The van der Waals surface area contributed by atoms with Gasteiger partial charge in [-0.25, -0.2) is 0 Å². The standard InChI is InChI=1S/C14H18N2O/c1-10(12-6-7-12)16-9-14(17)13-4-2-11(8-15)3-5-13/h2-5,10,12,14,16-17H,6-7,9H2,1H3. The summed E-state index contributed by atoms with van der Waals surface area (Å²) in [5, 5.41) is 22.0. The van der Waals surface area contributed by atoms with Crippen LogP contribution < -0.4 is 5.32 Å². The van der Waals surface area contributed by atoms with E-state index in [2.05, 4.69) is 18.3 Å². The van der Waals surface area contributed by atoms with Crippen LogP contribution >= 0.6 is 0 Å². The van der Waals surface area contributed by atoms with Crippen molar-refractivity contribution in [3.63, 3.8) is 0 Å². The van der Waals surface area contributed by atoms with Crippen LogP contribution in [0.1, 0.15) is 37.0 Å². The highest BCUT2D eigenvalue weighted by Gasteiger charge is 2.27. The average Bonchev–Trinajstić information content (AvgIpc) is 3.20.